The minimum absolute atomic E-state index is 0.0670. The monoisotopic (exact) mass is 392 g/mol. The predicted molar refractivity (Wildman–Crippen MR) is 99.9 cm³/mol. The standard InChI is InChI=1S/C22H29FO5/c1-11-6-15-18-14(16(26)10-24)8-12-7-13(25)4-5-21(12,3)22(18,23)17(27)9-20(15,2)19(11)28/h4-5,7,11,14-15,17-19,24,27-28H,6,8-10H2,1-3H3/t11-,14?,15+,17?,18-,19-,20+,21+,22-/m1/s1. The summed E-state index contributed by atoms with van der Waals surface area (Å²) < 4.78 is 17.1. The number of allylic oxidation sites excluding steroid dienone is 4. The van der Waals surface area contributed by atoms with Gasteiger partial charge >= 0.3 is 0 Å². The molecule has 3 saturated carbocycles. The fourth-order valence-electron chi connectivity index (χ4n) is 7.01. The normalized spacial score (nSPS) is 52.5. The number of hydrogen-bond donors (Lipinski definition) is 3. The van der Waals surface area contributed by atoms with Crippen molar-refractivity contribution >= 4 is 11.6 Å². The van der Waals surface area contributed by atoms with Crippen molar-refractivity contribution in [2.24, 2.45) is 34.5 Å². The van der Waals surface area contributed by atoms with Gasteiger partial charge in [0, 0.05) is 17.3 Å². The Morgan fingerprint density at radius 2 is 2.00 bits per heavy atom. The number of alkyl halides is 1. The van der Waals surface area contributed by atoms with Crippen LogP contribution in [0.1, 0.15) is 40.0 Å². The Labute approximate surface area is 164 Å². The highest BCUT2D eigenvalue weighted by Crippen LogP contribution is 2.69. The number of aliphatic hydroxyl groups excluding tert-OH is 3. The summed E-state index contributed by atoms with van der Waals surface area (Å²) in [6, 6.07) is 0. The van der Waals surface area contributed by atoms with Crippen LogP contribution in [0, 0.1) is 34.5 Å². The highest BCUT2D eigenvalue weighted by atomic mass is 19.1. The summed E-state index contributed by atoms with van der Waals surface area (Å²) in [6.07, 6.45) is 3.03. The second-order valence-corrected chi connectivity index (χ2v) is 9.83. The van der Waals surface area contributed by atoms with E-state index in [-0.39, 0.29) is 30.5 Å². The van der Waals surface area contributed by atoms with Crippen molar-refractivity contribution < 1.29 is 29.3 Å². The maximum absolute atomic E-state index is 17.1. The van der Waals surface area contributed by atoms with Gasteiger partial charge in [-0.05, 0) is 55.6 Å². The molecule has 154 valence electrons. The molecule has 0 heterocycles. The summed E-state index contributed by atoms with van der Waals surface area (Å²) in [5.74, 6) is -2.75. The molecule has 0 aromatic heterocycles. The lowest BCUT2D eigenvalue weighted by Crippen LogP contribution is -2.69. The van der Waals surface area contributed by atoms with Gasteiger partial charge in [-0.15, -0.1) is 0 Å². The van der Waals surface area contributed by atoms with Gasteiger partial charge in [-0.3, -0.25) is 9.59 Å². The largest absolute Gasteiger partial charge is 0.392 e. The van der Waals surface area contributed by atoms with E-state index in [0.29, 0.717) is 12.0 Å². The SMILES string of the molecule is C[C@@H]1C[C@H]2[C@H]3C(C(=O)CO)CC4=CC(=O)C=C[C@]4(C)[C@@]3(F)C(O)C[C@]2(C)[C@@H]1O. The van der Waals surface area contributed by atoms with Gasteiger partial charge < -0.3 is 15.3 Å². The van der Waals surface area contributed by atoms with E-state index in [9.17, 15) is 24.9 Å². The second-order valence-electron chi connectivity index (χ2n) is 9.83. The molecule has 4 rings (SSSR count). The number of aliphatic hydroxyl groups is 3. The molecule has 28 heavy (non-hydrogen) atoms. The quantitative estimate of drug-likeness (QED) is 0.666. The van der Waals surface area contributed by atoms with Crippen molar-refractivity contribution in [2.45, 2.75) is 57.9 Å². The molecule has 6 heteroatoms. The van der Waals surface area contributed by atoms with Gasteiger partial charge in [0.2, 0.25) is 0 Å². The van der Waals surface area contributed by atoms with Gasteiger partial charge in [0.1, 0.15) is 6.61 Å². The van der Waals surface area contributed by atoms with E-state index in [2.05, 4.69) is 0 Å². The minimum Gasteiger partial charge on any atom is -0.392 e. The Hall–Kier alpha value is -1.37. The summed E-state index contributed by atoms with van der Waals surface area (Å²) in [5, 5.41) is 31.5. The Kier molecular flexibility index (Phi) is 4.32. The third-order valence-electron chi connectivity index (χ3n) is 8.53. The van der Waals surface area contributed by atoms with Crippen molar-refractivity contribution in [2.75, 3.05) is 6.61 Å². The molecule has 4 aliphatic rings. The molecule has 9 atom stereocenters. The van der Waals surface area contributed by atoms with Crippen LogP contribution in [-0.4, -0.2) is 51.4 Å². The zero-order chi connectivity index (χ0) is 20.6. The molecule has 0 aliphatic heterocycles. The average molecular weight is 392 g/mol. The highest BCUT2D eigenvalue weighted by molar-refractivity contribution is 6.01. The van der Waals surface area contributed by atoms with E-state index >= 15 is 4.39 Å². The van der Waals surface area contributed by atoms with E-state index in [1.165, 1.54) is 18.2 Å². The molecule has 0 aromatic rings. The molecule has 3 fully saturated rings. The van der Waals surface area contributed by atoms with E-state index < -0.39 is 52.9 Å². The lowest BCUT2D eigenvalue weighted by atomic mass is 9.43. The highest BCUT2D eigenvalue weighted by Gasteiger charge is 2.73. The smallest absolute Gasteiger partial charge is 0.178 e. The van der Waals surface area contributed by atoms with Crippen LogP contribution >= 0.6 is 0 Å². The molecule has 0 bridgehead atoms. The molecule has 0 amide bonds. The van der Waals surface area contributed by atoms with Crippen molar-refractivity contribution in [1.29, 1.82) is 0 Å². The first-order chi connectivity index (χ1) is 13.0. The van der Waals surface area contributed by atoms with Gasteiger partial charge in [-0.2, -0.15) is 0 Å². The van der Waals surface area contributed by atoms with Crippen LogP contribution in [0.2, 0.25) is 0 Å². The number of fused-ring (bicyclic) bond motifs is 5. The molecule has 5 nitrogen and oxygen atoms in total. The Morgan fingerprint density at radius 1 is 1.32 bits per heavy atom. The van der Waals surface area contributed by atoms with Crippen LogP contribution in [-0.2, 0) is 9.59 Å². The summed E-state index contributed by atoms with van der Waals surface area (Å²) in [4.78, 5) is 24.7. The summed E-state index contributed by atoms with van der Waals surface area (Å²) >= 11 is 0. The fraction of sp³-hybridized carbons (Fsp3) is 0.727. The molecule has 0 aromatic carbocycles. The van der Waals surface area contributed by atoms with E-state index in [1.54, 1.807) is 6.92 Å². The number of carbonyl (C=O) groups is 2. The maximum Gasteiger partial charge on any atom is 0.178 e. The first kappa shape index (κ1) is 19.9. The molecular weight excluding hydrogens is 363 g/mol. The molecule has 0 spiro atoms. The predicted octanol–water partition coefficient (Wildman–Crippen LogP) is 1.75. The maximum atomic E-state index is 17.1. The van der Waals surface area contributed by atoms with Crippen molar-refractivity contribution in [1.82, 2.24) is 0 Å². The van der Waals surface area contributed by atoms with Crippen LogP contribution in [0.25, 0.3) is 0 Å². The van der Waals surface area contributed by atoms with E-state index in [4.69, 9.17) is 0 Å². The Morgan fingerprint density at radius 3 is 2.64 bits per heavy atom. The molecule has 0 saturated heterocycles. The number of ketones is 2. The van der Waals surface area contributed by atoms with Crippen molar-refractivity contribution in [3.8, 4) is 0 Å². The number of Topliss-reactive ketones (excluding diaryl/α,β-unsaturated/α-hetero) is 1. The topological polar surface area (TPSA) is 94.8 Å². The van der Waals surface area contributed by atoms with Gasteiger partial charge in [0.05, 0.1) is 12.2 Å². The third kappa shape index (κ3) is 2.22. The van der Waals surface area contributed by atoms with E-state index in [1.807, 2.05) is 13.8 Å². The minimum atomic E-state index is -2.16. The van der Waals surface area contributed by atoms with Crippen LogP contribution in [0.15, 0.2) is 23.8 Å². The van der Waals surface area contributed by atoms with Gasteiger partial charge in [0.15, 0.2) is 17.2 Å². The molecule has 3 N–H and O–H groups in total. The number of halogens is 1. The summed E-state index contributed by atoms with van der Waals surface area (Å²) in [7, 11) is 0. The lowest BCUT2D eigenvalue weighted by molar-refractivity contribution is -0.215. The van der Waals surface area contributed by atoms with Gasteiger partial charge in [-0.25, -0.2) is 4.39 Å². The first-order valence-corrected chi connectivity index (χ1v) is 10.1. The molecule has 0 radical (unpaired) electrons. The number of rotatable bonds is 2. The summed E-state index contributed by atoms with van der Waals surface area (Å²) in [5.41, 5.74) is -3.55. The number of hydrogen-bond acceptors (Lipinski definition) is 5. The first-order valence-electron chi connectivity index (χ1n) is 10.1. The summed E-state index contributed by atoms with van der Waals surface area (Å²) in [6.45, 7) is 4.78. The van der Waals surface area contributed by atoms with Crippen LogP contribution in [0.4, 0.5) is 4.39 Å². The van der Waals surface area contributed by atoms with Crippen LogP contribution < -0.4 is 0 Å². The Bertz CT molecular complexity index is 790. The molecule has 2 unspecified atom stereocenters. The van der Waals surface area contributed by atoms with Crippen molar-refractivity contribution in [3.63, 3.8) is 0 Å². The van der Waals surface area contributed by atoms with Gasteiger partial charge in [-0.1, -0.05) is 25.5 Å². The third-order valence-corrected chi connectivity index (χ3v) is 8.53. The molecular formula is C22H29FO5. The second kappa shape index (κ2) is 6.07. The zero-order valence-electron chi connectivity index (χ0n) is 16.6. The molecule has 4 aliphatic carbocycles. The number of carbonyl (C=O) groups excluding carboxylic acids is 2. The van der Waals surface area contributed by atoms with Crippen molar-refractivity contribution in [3.05, 3.63) is 23.8 Å². The lowest BCUT2D eigenvalue weighted by Gasteiger charge is -2.63. The zero-order valence-corrected chi connectivity index (χ0v) is 16.6. The van der Waals surface area contributed by atoms with Crippen LogP contribution in [0.3, 0.4) is 0 Å². The van der Waals surface area contributed by atoms with Gasteiger partial charge in [0.25, 0.3) is 0 Å². The Balaban J connectivity index is 1.92. The van der Waals surface area contributed by atoms with E-state index in [0.717, 1.165) is 0 Å². The van der Waals surface area contributed by atoms with Crippen LogP contribution in [0.5, 0.6) is 0 Å². The average Bonchev–Trinajstić information content (AvgIpc) is 2.86. The fourth-order valence-corrected chi connectivity index (χ4v) is 7.01.